The van der Waals surface area contributed by atoms with E-state index < -0.39 is 0 Å². The van der Waals surface area contributed by atoms with Gasteiger partial charge < -0.3 is 14.2 Å². The van der Waals surface area contributed by atoms with Gasteiger partial charge in [-0.2, -0.15) is 0 Å². The van der Waals surface area contributed by atoms with Crippen LogP contribution < -0.4 is 14.2 Å². The molecule has 124 valence electrons. The Labute approximate surface area is 140 Å². The third kappa shape index (κ3) is 3.11. The Kier molecular flexibility index (Phi) is 4.25. The molecule has 0 spiro atoms. The van der Waals surface area contributed by atoms with E-state index in [4.69, 9.17) is 14.2 Å². The molecule has 0 bridgehead atoms. The van der Waals surface area contributed by atoms with Crippen LogP contribution in [0.5, 0.6) is 17.2 Å². The highest BCUT2D eigenvalue weighted by molar-refractivity contribution is 5.83. The minimum Gasteiger partial charge on any atom is -0.497 e. The van der Waals surface area contributed by atoms with Crippen molar-refractivity contribution < 1.29 is 23.8 Å². The predicted octanol–water partition coefficient (Wildman–Crippen LogP) is 3.31. The summed E-state index contributed by atoms with van der Waals surface area (Å²) >= 11 is 0. The van der Waals surface area contributed by atoms with Crippen LogP contribution >= 0.6 is 0 Å². The maximum Gasteiger partial charge on any atom is 0.308 e. The lowest BCUT2D eigenvalue weighted by atomic mass is 9.84. The molecule has 1 aliphatic rings. The molecule has 0 amide bonds. The maximum absolute atomic E-state index is 11.5. The number of ether oxygens (including phenoxy) is 3. The van der Waals surface area contributed by atoms with E-state index in [-0.39, 0.29) is 11.9 Å². The summed E-state index contributed by atoms with van der Waals surface area (Å²) in [4.78, 5) is 22.6. The van der Waals surface area contributed by atoms with Crippen LogP contribution in [-0.4, -0.2) is 19.0 Å². The van der Waals surface area contributed by atoms with Crippen molar-refractivity contribution in [2.45, 2.75) is 26.7 Å². The third-order valence-corrected chi connectivity index (χ3v) is 3.92. The lowest BCUT2D eigenvalue weighted by Crippen LogP contribution is -2.10. The maximum atomic E-state index is 11.5. The summed E-state index contributed by atoms with van der Waals surface area (Å²) in [5.74, 6) is 0.931. The molecule has 0 aromatic heterocycles. The van der Waals surface area contributed by atoms with Crippen LogP contribution in [0.2, 0.25) is 0 Å². The molecule has 0 aliphatic heterocycles. The molecule has 0 radical (unpaired) electrons. The van der Waals surface area contributed by atoms with Crippen molar-refractivity contribution in [3.8, 4) is 28.4 Å². The minimum atomic E-state index is -0.380. The van der Waals surface area contributed by atoms with Gasteiger partial charge in [0.15, 0.2) is 0 Å². The van der Waals surface area contributed by atoms with E-state index in [0.29, 0.717) is 17.2 Å². The van der Waals surface area contributed by atoms with Crippen molar-refractivity contribution in [3.05, 3.63) is 41.5 Å². The van der Waals surface area contributed by atoms with Crippen LogP contribution in [0.1, 0.15) is 25.0 Å². The van der Waals surface area contributed by atoms with Gasteiger partial charge in [0, 0.05) is 25.5 Å². The van der Waals surface area contributed by atoms with Crippen molar-refractivity contribution in [1.82, 2.24) is 0 Å². The average Bonchev–Trinajstić information content (AvgIpc) is 2.52. The highest BCUT2D eigenvalue weighted by atomic mass is 16.5. The normalized spacial score (nSPS) is 12.0. The van der Waals surface area contributed by atoms with E-state index in [0.717, 1.165) is 35.1 Å². The van der Waals surface area contributed by atoms with E-state index in [2.05, 4.69) is 0 Å². The van der Waals surface area contributed by atoms with E-state index >= 15 is 0 Å². The number of carbonyl (C=O) groups is 2. The fourth-order valence-corrected chi connectivity index (χ4v) is 3.02. The second kappa shape index (κ2) is 6.35. The first kappa shape index (κ1) is 16.1. The summed E-state index contributed by atoms with van der Waals surface area (Å²) in [6.45, 7) is 2.75. The third-order valence-electron chi connectivity index (χ3n) is 3.92. The van der Waals surface area contributed by atoms with Gasteiger partial charge in [-0.25, -0.2) is 0 Å². The lowest BCUT2D eigenvalue weighted by molar-refractivity contribution is -0.132. The molecule has 3 rings (SSSR count). The highest BCUT2D eigenvalue weighted by Crippen LogP contribution is 2.43. The number of carbonyl (C=O) groups excluding carboxylic acids is 2. The zero-order chi connectivity index (χ0) is 17.3. The summed E-state index contributed by atoms with van der Waals surface area (Å²) < 4.78 is 15.9. The fraction of sp³-hybridized carbons (Fsp3) is 0.263. The van der Waals surface area contributed by atoms with E-state index in [1.165, 1.54) is 13.8 Å². The van der Waals surface area contributed by atoms with E-state index in [9.17, 15) is 9.59 Å². The van der Waals surface area contributed by atoms with Gasteiger partial charge in [-0.05, 0) is 47.7 Å². The zero-order valence-electron chi connectivity index (χ0n) is 13.8. The molecular formula is C19H18O5. The number of fused-ring (bicyclic) bond motifs is 3. The van der Waals surface area contributed by atoms with E-state index in [1.807, 2.05) is 18.2 Å². The number of benzene rings is 2. The van der Waals surface area contributed by atoms with Crippen molar-refractivity contribution in [3.63, 3.8) is 0 Å². The van der Waals surface area contributed by atoms with Gasteiger partial charge in [-0.1, -0.05) is 6.07 Å². The Hall–Kier alpha value is -2.82. The molecule has 2 aromatic rings. The Bertz CT molecular complexity index is 823. The van der Waals surface area contributed by atoms with Gasteiger partial charge in [-0.3, -0.25) is 9.59 Å². The number of hydrogen-bond acceptors (Lipinski definition) is 5. The number of aryl methyl sites for hydroxylation is 2. The van der Waals surface area contributed by atoms with Crippen LogP contribution in [0.25, 0.3) is 11.1 Å². The molecule has 0 N–H and O–H groups in total. The van der Waals surface area contributed by atoms with Crippen molar-refractivity contribution >= 4 is 11.9 Å². The van der Waals surface area contributed by atoms with Crippen molar-refractivity contribution in [1.29, 1.82) is 0 Å². The lowest BCUT2D eigenvalue weighted by Gasteiger charge is -2.23. The summed E-state index contributed by atoms with van der Waals surface area (Å²) in [6.07, 6.45) is 1.60. The van der Waals surface area contributed by atoms with Crippen LogP contribution in [0.4, 0.5) is 0 Å². The monoisotopic (exact) mass is 326 g/mol. The Morgan fingerprint density at radius 1 is 0.875 bits per heavy atom. The minimum absolute atomic E-state index is 0.350. The highest BCUT2D eigenvalue weighted by Gasteiger charge is 2.23. The molecule has 0 saturated carbocycles. The first-order valence-electron chi connectivity index (χ1n) is 7.69. The second-order valence-corrected chi connectivity index (χ2v) is 5.67. The largest absolute Gasteiger partial charge is 0.497 e. The first-order valence-corrected chi connectivity index (χ1v) is 7.69. The van der Waals surface area contributed by atoms with Crippen LogP contribution in [0.3, 0.4) is 0 Å². The number of hydrogen-bond donors (Lipinski definition) is 0. The molecular weight excluding hydrogens is 308 g/mol. The first-order chi connectivity index (χ1) is 11.5. The van der Waals surface area contributed by atoms with Crippen LogP contribution in [-0.2, 0) is 22.4 Å². The summed E-state index contributed by atoms with van der Waals surface area (Å²) in [7, 11) is 1.58. The topological polar surface area (TPSA) is 61.8 Å². The standard InChI is InChI=1S/C19H18O5/c1-11(20)23-15-6-7-17-13(8-15)4-5-14-9-16(22-3)10-18(19(14)17)24-12(2)21/h6-10H,4-5H2,1-3H3. The summed E-state index contributed by atoms with van der Waals surface area (Å²) in [6, 6.07) is 9.18. The van der Waals surface area contributed by atoms with Crippen molar-refractivity contribution in [2.24, 2.45) is 0 Å². The van der Waals surface area contributed by atoms with E-state index in [1.54, 1.807) is 19.2 Å². The molecule has 5 nitrogen and oxygen atoms in total. The second-order valence-electron chi connectivity index (χ2n) is 5.67. The SMILES string of the molecule is COc1cc2c(c(OC(C)=O)c1)-c1ccc(OC(C)=O)cc1CC2. The molecule has 0 atom stereocenters. The number of methoxy groups -OCH3 is 1. The Morgan fingerprint density at radius 2 is 1.54 bits per heavy atom. The fourth-order valence-electron chi connectivity index (χ4n) is 3.02. The number of rotatable bonds is 3. The smallest absolute Gasteiger partial charge is 0.308 e. The van der Waals surface area contributed by atoms with Crippen LogP contribution in [0, 0.1) is 0 Å². The molecule has 0 heterocycles. The molecule has 0 fully saturated rings. The summed E-state index contributed by atoms with van der Waals surface area (Å²) in [5.41, 5.74) is 3.99. The van der Waals surface area contributed by atoms with Gasteiger partial charge in [0.1, 0.15) is 17.2 Å². The molecule has 24 heavy (non-hydrogen) atoms. The molecule has 5 heteroatoms. The molecule has 0 saturated heterocycles. The summed E-state index contributed by atoms with van der Waals surface area (Å²) in [5, 5.41) is 0. The van der Waals surface area contributed by atoms with Gasteiger partial charge in [0.2, 0.25) is 0 Å². The van der Waals surface area contributed by atoms with Crippen molar-refractivity contribution in [2.75, 3.05) is 7.11 Å². The average molecular weight is 326 g/mol. The van der Waals surface area contributed by atoms with Gasteiger partial charge in [0.25, 0.3) is 0 Å². The van der Waals surface area contributed by atoms with Gasteiger partial charge in [0.05, 0.1) is 7.11 Å². The zero-order valence-corrected chi connectivity index (χ0v) is 13.8. The van der Waals surface area contributed by atoms with Crippen LogP contribution in [0.15, 0.2) is 30.3 Å². The Balaban J connectivity index is 2.12. The number of esters is 2. The molecule has 1 aliphatic carbocycles. The predicted molar refractivity (Wildman–Crippen MR) is 88.5 cm³/mol. The quantitative estimate of drug-likeness (QED) is 0.640. The Morgan fingerprint density at radius 3 is 2.21 bits per heavy atom. The molecule has 2 aromatic carbocycles. The van der Waals surface area contributed by atoms with Gasteiger partial charge in [-0.15, -0.1) is 0 Å². The molecule has 0 unspecified atom stereocenters. The van der Waals surface area contributed by atoms with Gasteiger partial charge >= 0.3 is 11.9 Å².